The second-order valence-corrected chi connectivity index (χ2v) is 9.26. The first-order valence-electron chi connectivity index (χ1n) is 8.09. The highest BCUT2D eigenvalue weighted by Crippen LogP contribution is 2.33. The molecule has 1 aromatic carbocycles. The van der Waals surface area contributed by atoms with Gasteiger partial charge < -0.3 is 0 Å². The van der Waals surface area contributed by atoms with Gasteiger partial charge in [0.15, 0.2) is 0 Å². The molecule has 1 amide bonds. The Morgan fingerprint density at radius 2 is 2.12 bits per heavy atom. The third-order valence-corrected chi connectivity index (χ3v) is 7.39. The number of amides is 1. The minimum atomic E-state index is -3.92. The summed E-state index contributed by atoms with van der Waals surface area (Å²) in [5.74, 6) is 0.208. The Morgan fingerprint density at radius 1 is 1.36 bits per heavy atom. The number of benzene rings is 1. The highest BCUT2D eigenvalue weighted by Gasteiger charge is 2.23. The average Bonchev–Trinajstić information content (AvgIpc) is 3.03. The van der Waals surface area contributed by atoms with Gasteiger partial charge >= 0.3 is 0 Å². The van der Waals surface area contributed by atoms with Crippen molar-refractivity contribution in [2.45, 2.75) is 37.5 Å². The smallest absolute Gasteiger partial charge is 0.273 e. The first kappa shape index (κ1) is 18.4. The Kier molecular flexibility index (Phi) is 5.48. The normalized spacial score (nSPS) is 17.1. The molecule has 1 heterocycles. The summed E-state index contributed by atoms with van der Waals surface area (Å²) < 4.78 is 24.5. The Balaban J connectivity index is 1.69. The standard InChI is InChI=1S/C17H19ClN2O3S2/c1-2-11-7-8-14-12(9-11)10-15(24-14)17(21)19-20-25(22,23)16-6-4-3-5-13(16)18/h3-6,10-11,20H,2,7-9H2,1H3,(H,19,21)/t11-/m0/s1. The first-order valence-corrected chi connectivity index (χ1v) is 10.8. The summed E-state index contributed by atoms with van der Waals surface area (Å²) in [6.07, 6.45) is 4.25. The van der Waals surface area contributed by atoms with E-state index in [1.807, 2.05) is 6.07 Å². The Hall–Kier alpha value is -1.41. The number of hydrogen-bond acceptors (Lipinski definition) is 4. The quantitative estimate of drug-likeness (QED) is 0.756. The molecule has 0 bridgehead atoms. The van der Waals surface area contributed by atoms with Crippen molar-refractivity contribution in [2.24, 2.45) is 5.92 Å². The second-order valence-electron chi connectivity index (χ2n) is 6.07. The van der Waals surface area contributed by atoms with Gasteiger partial charge in [-0.3, -0.25) is 10.2 Å². The van der Waals surface area contributed by atoms with Gasteiger partial charge in [0.1, 0.15) is 4.90 Å². The van der Waals surface area contributed by atoms with Crippen LogP contribution in [-0.2, 0) is 22.9 Å². The second kappa shape index (κ2) is 7.45. The van der Waals surface area contributed by atoms with Crippen molar-refractivity contribution in [3.05, 3.63) is 50.7 Å². The molecule has 0 radical (unpaired) electrons. The molecule has 1 aliphatic rings. The van der Waals surface area contributed by atoms with E-state index in [-0.39, 0.29) is 9.92 Å². The number of nitrogens with one attached hydrogen (secondary N) is 2. The fraction of sp³-hybridized carbons (Fsp3) is 0.353. The SMILES string of the molecule is CC[C@H]1CCc2sc(C(=O)NNS(=O)(=O)c3ccccc3Cl)cc2C1. The zero-order chi connectivity index (χ0) is 18.0. The lowest BCUT2D eigenvalue weighted by Gasteiger charge is -2.19. The van der Waals surface area contributed by atoms with Gasteiger partial charge in [-0.25, -0.2) is 8.42 Å². The molecular formula is C17H19ClN2O3S2. The zero-order valence-corrected chi connectivity index (χ0v) is 16.1. The number of carbonyl (C=O) groups excluding carboxylic acids is 1. The van der Waals surface area contributed by atoms with Crippen LogP contribution in [0.25, 0.3) is 0 Å². The van der Waals surface area contributed by atoms with Crippen molar-refractivity contribution in [1.82, 2.24) is 10.3 Å². The molecule has 134 valence electrons. The van der Waals surface area contributed by atoms with E-state index in [2.05, 4.69) is 17.2 Å². The largest absolute Gasteiger partial charge is 0.276 e. The summed E-state index contributed by atoms with van der Waals surface area (Å²) in [5.41, 5.74) is 3.48. The maximum atomic E-state index is 12.3. The number of thiophene rings is 1. The van der Waals surface area contributed by atoms with Crippen LogP contribution in [0.2, 0.25) is 5.02 Å². The fourth-order valence-electron chi connectivity index (χ4n) is 2.95. The minimum Gasteiger partial charge on any atom is -0.273 e. The van der Waals surface area contributed by atoms with Gasteiger partial charge in [0, 0.05) is 4.88 Å². The third-order valence-electron chi connectivity index (χ3n) is 4.41. The fourth-order valence-corrected chi connectivity index (χ4v) is 5.42. The van der Waals surface area contributed by atoms with Crippen LogP contribution in [0.15, 0.2) is 35.2 Å². The van der Waals surface area contributed by atoms with Crippen LogP contribution in [0, 0.1) is 5.92 Å². The van der Waals surface area contributed by atoms with Crippen LogP contribution in [0.3, 0.4) is 0 Å². The van der Waals surface area contributed by atoms with Crippen molar-refractivity contribution < 1.29 is 13.2 Å². The molecular weight excluding hydrogens is 380 g/mol. The van der Waals surface area contributed by atoms with E-state index < -0.39 is 15.9 Å². The van der Waals surface area contributed by atoms with Crippen molar-refractivity contribution in [2.75, 3.05) is 0 Å². The number of carbonyl (C=O) groups is 1. The summed E-state index contributed by atoms with van der Waals surface area (Å²) in [4.78, 5) is 16.1. The van der Waals surface area contributed by atoms with Gasteiger partial charge in [-0.2, -0.15) is 0 Å². The van der Waals surface area contributed by atoms with Crippen LogP contribution in [0.4, 0.5) is 0 Å². The van der Waals surface area contributed by atoms with E-state index in [4.69, 9.17) is 11.6 Å². The number of hydrogen-bond donors (Lipinski definition) is 2. The highest BCUT2D eigenvalue weighted by atomic mass is 35.5. The lowest BCUT2D eigenvalue weighted by Crippen LogP contribution is -2.41. The lowest BCUT2D eigenvalue weighted by molar-refractivity contribution is 0.0949. The maximum absolute atomic E-state index is 12.3. The van der Waals surface area contributed by atoms with Gasteiger partial charge in [0.05, 0.1) is 9.90 Å². The summed E-state index contributed by atoms with van der Waals surface area (Å²) in [7, 11) is -3.92. The van der Waals surface area contributed by atoms with Crippen LogP contribution < -0.4 is 10.3 Å². The predicted octanol–water partition coefficient (Wildman–Crippen LogP) is 3.54. The van der Waals surface area contributed by atoms with E-state index in [1.165, 1.54) is 33.9 Å². The lowest BCUT2D eigenvalue weighted by atomic mass is 9.87. The topological polar surface area (TPSA) is 75.3 Å². The maximum Gasteiger partial charge on any atom is 0.276 e. The number of halogens is 1. The molecule has 3 rings (SSSR count). The molecule has 25 heavy (non-hydrogen) atoms. The molecule has 0 aliphatic heterocycles. The van der Waals surface area contributed by atoms with Gasteiger partial charge in [-0.1, -0.05) is 37.1 Å². The minimum absolute atomic E-state index is 0.0757. The molecule has 0 spiro atoms. The van der Waals surface area contributed by atoms with Crippen molar-refractivity contribution in [3.63, 3.8) is 0 Å². The van der Waals surface area contributed by atoms with Crippen LogP contribution in [-0.4, -0.2) is 14.3 Å². The number of sulfonamides is 1. The molecule has 8 heteroatoms. The number of aryl methyl sites for hydroxylation is 1. The molecule has 2 aromatic rings. The molecule has 5 nitrogen and oxygen atoms in total. The summed E-state index contributed by atoms with van der Waals surface area (Å²) >= 11 is 7.34. The summed E-state index contributed by atoms with van der Waals surface area (Å²) in [6, 6.07) is 7.95. The average molecular weight is 399 g/mol. The van der Waals surface area contributed by atoms with Gasteiger partial charge in [-0.15, -0.1) is 16.2 Å². The first-order chi connectivity index (χ1) is 11.9. The molecule has 1 aromatic heterocycles. The molecule has 0 fully saturated rings. The zero-order valence-electron chi connectivity index (χ0n) is 13.7. The van der Waals surface area contributed by atoms with E-state index in [9.17, 15) is 13.2 Å². The molecule has 1 atom stereocenters. The molecule has 1 aliphatic carbocycles. The molecule has 0 unspecified atom stereocenters. The highest BCUT2D eigenvalue weighted by molar-refractivity contribution is 7.89. The van der Waals surface area contributed by atoms with Gasteiger partial charge in [0.2, 0.25) is 0 Å². The van der Waals surface area contributed by atoms with E-state index >= 15 is 0 Å². The van der Waals surface area contributed by atoms with Crippen LogP contribution >= 0.6 is 22.9 Å². The summed E-state index contributed by atoms with van der Waals surface area (Å²) in [5, 5.41) is 0.0986. The summed E-state index contributed by atoms with van der Waals surface area (Å²) in [6.45, 7) is 2.18. The number of fused-ring (bicyclic) bond motifs is 1. The third kappa shape index (κ3) is 4.06. The Labute approximate surface area is 156 Å². The van der Waals surface area contributed by atoms with Crippen molar-refractivity contribution >= 4 is 38.9 Å². The van der Waals surface area contributed by atoms with Crippen LogP contribution in [0.5, 0.6) is 0 Å². The van der Waals surface area contributed by atoms with E-state index in [0.29, 0.717) is 10.8 Å². The molecule has 2 N–H and O–H groups in total. The van der Waals surface area contributed by atoms with Crippen LogP contribution in [0.1, 0.15) is 39.9 Å². The van der Waals surface area contributed by atoms with Crippen molar-refractivity contribution in [1.29, 1.82) is 0 Å². The molecule has 0 saturated heterocycles. The Morgan fingerprint density at radius 3 is 2.84 bits per heavy atom. The van der Waals surface area contributed by atoms with Gasteiger partial charge in [0.25, 0.3) is 15.9 Å². The van der Waals surface area contributed by atoms with Gasteiger partial charge in [-0.05, 0) is 48.9 Å². The van der Waals surface area contributed by atoms with E-state index in [0.717, 1.165) is 25.7 Å². The Bertz CT molecular complexity index is 893. The van der Waals surface area contributed by atoms with E-state index in [1.54, 1.807) is 12.1 Å². The molecule has 0 saturated carbocycles. The predicted molar refractivity (Wildman–Crippen MR) is 99.4 cm³/mol. The monoisotopic (exact) mass is 398 g/mol. The van der Waals surface area contributed by atoms with Crippen molar-refractivity contribution in [3.8, 4) is 0 Å². The number of hydrazine groups is 1. The number of rotatable bonds is 5.